The first kappa shape index (κ1) is 19.2. The SMILES string of the molecule is CCOC(=O)c1ccoc1COC(=O)c1cc(C2CC2)nc2c1cnn2C(C)C. The number of hydrogen-bond acceptors (Lipinski definition) is 7. The van der Waals surface area contributed by atoms with Crippen LogP contribution in [-0.4, -0.2) is 33.3 Å². The summed E-state index contributed by atoms with van der Waals surface area (Å²) in [5, 5.41) is 5.04. The molecule has 152 valence electrons. The van der Waals surface area contributed by atoms with Crippen molar-refractivity contribution in [1.29, 1.82) is 0 Å². The molecule has 1 aliphatic rings. The lowest BCUT2D eigenvalue weighted by Gasteiger charge is -2.10. The molecule has 0 unspecified atom stereocenters. The van der Waals surface area contributed by atoms with Crippen LogP contribution in [0.15, 0.2) is 29.0 Å². The van der Waals surface area contributed by atoms with Gasteiger partial charge in [0, 0.05) is 17.7 Å². The number of carbonyl (C=O) groups is 2. The zero-order valence-corrected chi connectivity index (χ0v) is 16.7. The van der Waals surface area contributed by atoms with Crippen LogP contribution in [0.1, 0.15) is 77.7 Å². The van der Waals surface area contributed by atoms with Gasteiger partial charge in [-0.1, -0.05) is 0 Å². The van der Waals surface area contributed by atoms with E-state index in [1.165, 1.54) is 12.3 Å². The highest BCUT2D eigenvalue weighted by Crippen LogP contribution is 2.40. The third-order valence-corrected chi connectivity index (χ3v) is 4.87. The number of aromatic nitrogens is 3. The average Bonchev–Trinajstić information content (AvgIpc) is 3.28. The normalized spacial score (nSPS) is 13.8. The number of ether oxygens (including phenoxy) is 2. The maximum absolute atomic E-state index is 12.9. The van der Waals surface area contributed by atoms with Crippen molar-refractivity contribution < 1.29 is 23.5 Å². The van der Waals surface area contributed by atoms with Crippen LogP contribution in [0.3, 0.4) is 0 Å². The molecule has 0 radical (unpaired) electrons. The van der Waals surface area contributed by atoms with E-state index in [4.69, 9.17) is 18.9 Å². The number of hydrogen-bond donors (Lipinski definition) is 0. The lowest BCUT2D eigenvalue weighted by Crippen LogP contribution is -2.11. The minimum absolute atomic E-state index is 0.119. The third-order valence-electron chi connectivity index (χ3n) is 4.87. The van der Waals surface area contributed by atoms with Crippen molar-refractivity contribution in [3.05, 3.63) is 47.2 Å². The molecule has 3 aromatic rings. The molecule has 0 N–H and O–H groups in total. The summed E-state index contributed by atoms with van der Waals surface area (Å²) in [5.41, 5.74) is 2.25. The Kier molecular flexibility index (Phi) is 5.08. The van der Waals surface area contributed by atoms with E-state index in [1.54, 1.807) is 19.2 Å². The number of nitrogens with zero attached hydrogens (tertiary/aromatic N) is 3. The van der Waals surface area contributed by atoms with Crippen LogP contribution in [0.4, 0.5) is 0 Å². The Bertz CT molecular complexity index is 1060. The van der Waals surface area contributed by atoms with Gasteiger partial charge in [0.1, 0.15) is 5.56 Å². The Hall–Kier alpha value is -3.16. The molecule has 4 rings (SSSR count). The van der Waals surface area contributed by atoms with E-state index in [1.807, 2.05) is 18.5 Å². The fraction of sp³-hybridized carbons (Fsp3) is 0.429. The summed E-state index contributed by atoms with van der Waals surface area (Å²) in [6, 6.07) is 3.42. The molecule has 29 heavy (non-hydrogen) atoms. The molecule has 3 heterocycles. The number of pyridine rings is 1. The molecule has 0 atom stereocenters. The predicted molar refractivity (Wildman–Crippen MR) is 104 cm³/mol. The Morgan fingerprint density at radius 3 is 2.69 bits per heavy atom. The summed E-state index contributed by atoms with van der Waals surface area (Å²) in [6.07, 6.45) is 5.15. The van der Waals surface area contributed by atoms with Gasteiger partial charge >= 0.3 is 11.9 Å². The quantitative estimate of drug-likeness (QED) is 0.556. The highest BCUT2D eigenvalue weighted by molar-refractivity contribution is 6.02. The van der Waals surface area contributed by atoms with Crippen LogP contribution in [-0.2, 0) is 16.1 Å². The summed E-state index contributed by atoms with van der Waals surface area (Å²) >= 11 is 0. The van der Waals surface area contributed by atoms with Crippen molar-refractivity contribution in [3.63, 3.8) is 0 Å². The Morgan fingerprint density at radius 1 is 1.24 bits per heavy atom. The average molecular weight is 397 g/mol. The van der Waals surface area contributed by atoms with Crippen molar-refractivity contribution in [3.8, 4) is 0 Å². The van der Waals surface area contributed by atoms with Crippen LogP contribution >= 0.6 is 0 Å². The van der Waals surface area contributed by atoms with Crippen molar-refractivity contribution in [1.82, 2.24) is 14.8 Å². The topological polar surface area (TPSA) is 96.5 Å². The lowest BCUT2D eigenvalue weighted by molar-refractivity contribution is 0.0424. The number of fused-ring (bicyclic) bond motifs is 1. The summed E-state index contributed by atoms with van der Waals surface area (Å²) in [6.45, 7) is 5.84. The third kappa shape index (κ3) is 3.74. The molecule has 0 amide bonds. The standard InChI is InChI=1S/C21H23N3O5/c1-4-27-20(25)14-7-8-28-18(14)11-29-21(26)15-9-17(13-5-6-13)23-19-16(15)10-22-24(19)12(2)3/h7-10,12-13H,4-6,11H2,1-3H3. The summed E-state index contributed by atoms with van der Waals surface area (Å²) in [7, 11) is 0. The van der Waals surface area contributed by atoms with Crippen molar-refractivity contribution in [2.24, 2.45) is 0 Å². The van der Waals surface area contributed by atoms with Gasteiger partial charge in [0.15, 0.2) is 18.0 Å². The highest BCUT2D eigenvalue weighted by Gasteiger charge is 2.29. The fourth-order valence-electron chi connectivity index (χ4n) is 3.22. The smallest absolute Gasteiger partial charge is 0.341 e. The fourth-order valence-corrected chi connectivity index (χ4v) is 3.22. The zero-order valence-electron chi connectivity index (χ0n) is 16.7. The Labute approximate surface area is 167 Å². The van der Waals surface area contributed by atoms with Crippen LogP contribution in [0.25, 0.3) is 11.0 Å². The Morgan fingerprint density at radius 2 is 2.00 bits per heavy atom. The van der Waals surface area contributed by atoms with Gasteiger partial charge in [0.2, 0.25) is 0 Å². The van der Waals surface area contributed by atoms with Gasteiger partial charge in [-0.25, -0.2) is 19.3 Å². The molecule has 1 fully saturated rings. The van der Waals surface area contributed by atoms with Gasteiger partial charge in [-0.05, 0) is 45.7 Å². The molecule has 3 aromatic heterocycles. The monoisotopic (exact) mass is 397 g/mol. The number of carbonyl (C=O) groups excluding carboxylic acids is 2. The largest absolute Gasteiger partial charge is 0.465 e. The van der Waals surface area contributed by atoms with E-state index in [-0.39, 0.29) is 30.6 Å². The lowest BCUT2D eigenvalue weighted by atomic mass is 10.1. The molecule has 0 bridgehead atoms. The van der Waals surface area contributed by atoms with Crippen molar-refractivity contribution in [2.45, 2.75) is 52.2 Å². The van der Waals surface area contributed by atoms with Gasteiger partial charge in [-0.3, -0.25) is 0 Å². The molecule has 1 saturated carbocycles. The van der Waals surface area contributed by atoms with E-state index < -0.39 is 11.9 Å². The second-order valence-corrected chi connectivity index (χ2v) is 7.34. The highest BCUT2D eigenvalue weighted by atomic mass is 16.5. The van der Waals surface area contributed by atoms with Crippen LogP contribution in [0, 0.1) is 0 Å². The molecular weight excluding hydrogens is 374 g/mol. The number of esters is 2. The summed E-state index contributed by atoms with van der Waals surface area (Å²) < 4.78 is 17.6. The van der Waals surface area contributed by atoms with E-state index >= 15 is 0 Å². The Balaban J connectivity index is 1.61. The van der Waals surface area contributed by atoms with Gasteiger partial charge in [-0.2, -0.15) is 5.10 Å². The predicted octanol–water partition coefficient (Wildman–Crippen LogP) is 4.02. The van der Waals surface area contributed by atoms with E-state index in [0.717, 1.165) is 18.5 Å². The number of rotatable bonds is 7. The van der Waals surface area contributed by atoms with Crippen molar-refractivity contribution in [2.75, 3.05) is 6.61 Å². The van der Waals surface area contributed by atoms with Gasteiger partial charge in [-0.15, -0.1) is 0 Å². The van der Waals surface area contributed by atoms with Crippen molar-refractivity contribution >= 4 is 23.0 Å². The van der Waals surface area contributed by atoms with Gasteiger partial charge in [0.05, 0.1) is 30.0 Å². The van der Waals surface area contributed by atoms with E-state index in [2.05, 4.69) is 5.10 Å². The van der Waals surface area contributed by atoms with E-state index in [9.17, 15) is 9.59 Å². The number of furan rings is 1. The van der Waals surface area contributed by atoms with Gasteiger partial charge in [0.25, 0.3) is 0 Å². The first-order chi connectivity index (χ1) is 14.0. The molecular formula is C21H23N3O5. The molecule has 1 aliphatic carbocycles. The molecule has 0 saturated heterocycles. The zero-order chi connectivity index (χ0) is 20.5. The second kappa shape index (κ2) is 7.69. The molecule has 0 aromatic carbocycles. The van der Waals surface area contributed by atoms with Crippen LogP contribution in [0.2, 0.25) is 0 Å². The molecule has 0 spiro atoms. The summed E-state index contributed by atoms with van der Waals surface area (Å²) in [5.74, 6) is -0.383. The first-order valence-corrected chi connectivity index (χ1v) is 9.78. The van der Waals surface area contributed by atoms with Gasteiger partial charge < -0.3 is 13.9 Å². The minimum Gasteiger partial charge on any atom is -0.465 e. The molecule has 8 nitrogen and oxygen atoms in total. The maximum Gasteiger partial charge on any atom is 0.341 e. The minimum atomic E-state index is -0.507. The first-order valence-electron chi connectivity index (χ1n) is 9.78. The summed E-state index contributed by atoms with van der Waals surface area (Å²) in [4.78, 5) is 29.6. The van der Waals surface area contributed by atoms with Crippen LogP contribution < -0.4 is 0 Å². The molecule has 8 heteroatoms. The van der Waals surface area contributed by atoms with Crippen LogP contribution in [0.5, 0.6) is 0 Å². The molecule has 0 aliphatic heterocycles. The second-order valence-electron chi connectivity index (χ2n) is 7.34. The maximum atomic E-state index is 12.9. The van der Waals surface area contributed by atoms with E-state index in [0.29, 0.717) is 22.5 Å².